The lowest BCUT2D eigenvalue weighted by Gasteiger charge is -2.30. The predicted octanol–water partition coefficient (Wildman–Crippen LogP) is 3.32. The van der Waals surface area contributed by atoms with E-state index in [4.69, 9.17) is 5.73 Å². The third kappa shape index (κ3) is 3.33. The fourth-order valence-corrected chi connectivity index (χ4v) is 4.31. The number of nitrogens with two attached hydrogens (primary N) is 1. The highest BCUT2D eigenvalue weighted by atomic mass is 79.9. The molecule has 0 saturated carbocycles. The van der Waals surface area contributed by atoms with E-state index in [1.54, 1.807) is 42.8 Å². The average Bonchev–Trinajstić information content (AvgIpc) is 2.50. The first-order chi connectivity index (χ1) is 10.4. The van der Waals surface area contributed by atoms with Crippen LogP contribution in [0.1, 0.15) is 17.3 Å². The summed E-state index contributed by atoms with van der Waals surface area (Å²) in [5, 5.41) is 9.77. The van der Waals surface area contributed by atoms with Crippen LogP contribution < -0.4 is 5.73 Å². The number of thioether (sulfide) groups is 1. The van der Waals surface area contributed by atoms with Gasteiger partial charge in [0, 0.05) is 30.6 Å². The highest BCUT2D eigenvalue weighted by Crippen LogP contribution is 2.34. The first kappa shape index (κ1) is 17.4. The summed E-state index contributed by atoms with van der Waals surface area (Å²) in [6.07, 6.45) is 0. The second-order valence-corrected chi connectivity index (χ2v) is 7.47. The SMILES string of the molecule is CN=C1C(=C(C)N)SCCN1C(=O)c1cc(Br)c(O)c(Br)c1. The summed E-state index contributed by atoms with van der Waals surface area (Å²) >= 11 is 8.08. The Kier molecular flexibility index (Phi) is 5.57. The van der Waals surface area contributed by atoms with Gasteiger partial charge in [0.1, 0.15) is 11.6 Å². The Hall–Kier alpha value is -0.990. The summed E-state index contributed by atoms with van der Waals surface area (Å²) < 4.78 is 0.912. The van der Waals surface area contributed by atoms with Gasteiger partial charge in [0.05, 0.1) is 13.9 Å². The topological polar surface area (TPSA) is 78.9 Å². The summed E-state index contributed by atoms with van der Waals surface area (Å²) in [7, 11) is 1.65. The van der Waals surface area contributed by atoms with Crippen molar-refractivity contribution in [3.63, 3.8) is 0 Å². The van der Waals surface area contributed by atoms with E-state index in [0.29, 0.717) is 32.6 Å². The number of nitrogens with zero attached hydrogens (tertiary/aromatic N) is 2. The van der Waals surface area contributed by atoms with Gasteiger partial charge >= 0.3 is 0 Å². The van der Waals surface area contributed by atoms with Crippen LogP contribution in [0.3, 0.4) is 0 Å². The highest BCUT2D eigenvalue weighted by Gasteiger charge is 2.29. The maximum Gasteiger partial charge on any atom is 0.259 e. The molecule has 0 radical (unpaired) electrons. The maximum absolute atomic E-state index is 12.8. The number of carbonyl (C=O) groups is 1. The molecule has 0 aromatic heterocycles. The fourth-order valence-electron chi connectivity index (χ4n) is 2.09. The molecule has 1 aliphatic rings. The number of amides is 1. The molecular formula is C14H15Br2N3O2S. The number of amidine groups is 1. The first-order valence-corrected chi connectivity index (χ1v) is 9.00. The predicted molar refractivity (Wildman–Crippen MR) is 97.2 cm³/mol. The summed E-state index contributed by atoms with van der Waals surface area (Å²) in [6.45, 7) is 2.36. The standard InChI is InChI=1S/C14H15Br2N3O2S/c1-7(17)12-13(18-2)19(3-4-22-12)14(21)8-5-9(15)11(20)10(16)6-8/h5-6,20H,3-4,17H2,1-2H3. The Morgan fingerprint density at radius 3 is 2.50 bits per heavy atom. The number of rotatable bonds is 1. The molecular weight excluding hydrogens is 434 g/mol. The minimum Gasteiger partial charge on any atom is -0.506 e. The molecule has 1 heterocycles. The molecule has 0 bridgehead atoms. The Bertz CT molecular complexity index is 662. The number of carbonyl (C=O) groups excluding carboxylic acids is 1. The molecule has 0 unspecified atom stereocenters. The molecule has 8 heteroatoms. The molecule has 1 aromatic carbocycles. The molecule has 1 amide bonds. The van der Waals surface area contributed by atoms with Gasteiger partial charge in [-0.05, 0) is 50.9 Å². The van der Waals surface area contributed by atoms with Crippen LogP contribution in [0.15, 0.2) is 36.7 Å². The number of benzene rings is 1. The molecule has 0 spiro atoms. The maximum atomic E-state index is 12.8. The fraction of sp³-hybridized carbons (Fsp3) is 0.286. The molecule has 0 aliphatic carbocycles. The van der Waals surface area contributed by atoms with Gasteiger partial charge in [0.15, 0.2) is 0 Å². The normalized spacial score (nSPS) is 19.5. The molecule has 3 N–H and O–H groups in total. The van der Waals surface area contributed by atoms with E-state index in [0.717, 1.165) is 10.7 Å². The van der Waals surface area contributed by atoms with Crippen LogP contribution in [0.2, 0.25) is 0 Å². The van der Waals surface area contributed by atoms with Gasteiger partial charge in [-0.3, -0.25) is 14.7 Å². The lowest BCUT2D eigenvalue weighted by Crippen LogP contribution is -2.42. The van der Waals surface area contributed by atoms with E-state index in [-0.39, 0.29) is 11.7 Å². The van der Waals surface area contributed by atoms with E-state index >= 15 is 0 Å². The van der Waals surface area contributed by atoms with Crippen LogP contribution in [0.5, 0.6) is 5.75 Å². The van der Waals surface area contributed by atoms with Gasteiger partial charge in [-0.2, -0.15) is 0 Å². The molecule has 0 atom stereocenters. The average molecular weight is 449 g/mol. The van der Waals surface area contributed by atoms with Crippen molar-refractivity contribution in [2.75, 3.05) is 19.3 Å². The molecule has 1 aliphatic heterocycles. The zero-order valence-electron chi connectivity index (χ0n) is 12.1. The zero-order valence-corrected chi connectivity index (χ0v) is 16.0. The monoisotopic (exact) mass is 447 g/mol. The van der Waals surface area contributed by atoms with E-state index in [2.05, 4.69) is 36.9 Å². The smallest absolute Gasteiger partial charge is 0.259 e. The van der Waals surface area contributed by atoms with Crippen molar-refractivity contribution in [1.29, 1.82) is 0 Å². The van der Waals surface area contributed by atoms with E-state index in [9.17, 15) is 9.90 Å². The number of phenolic OH excluding ortho intramolecular Hbond substituents is 1. The van der Waals surface area contributed by atoms with Crippen molar-refractivity contribution < 1.29 is 9.90 Å². The van der Waals surface area contributed by atoms with Crippen LogP contribution >= 0.6 is 43.6 Å². The Morgan fingerprint density at radius 1 is 1.41 bits per heavy atom. The minimum absolute atomic E-state index is 0.0634. The molecule has 5 nitrogen and oxygen atoms in total. The summed E-state index contributed by atoms with van der Waals surface area (Å²) in [6, 6.07) is 3.19. The minimum atomic E-state index is -0.180. The van der Waals surface area contributed by atoms with Gasteiger partial charge in [-0.1, -0.05) is 0 Å². The molecule has 1 fully saturated rings. The lowest BCUT2D eigenvalue weighted by atomic mass is 10.2. The Morgan fingerprint density at radius 2 is 2.00 bits per heavy atom. The van der Waals surface area contributed by atoms with Crippen molar-refractivity contribution in [2.45, 2.75) is 6.92 Å². The number of aromatic hydroxyl groups is 1. The second-order valence-electron chi connectivity index (χ2n) is 4.65. The third-order valence-corrected chi connectivity index (χ3v) is 5.49. The number of allylic oxidation sites excluding steroid dienone is 1. The van der Waals surface area contributed by atoms with Crippen molar-refractivity contribution in [3.8, 4) is 5.75 Å². The van der Waals surface area contributed by atoms with Crippen LogP contribution in [0, 0.1) is 0 Å². The highest BCUT2D eigenvalue weighted by molar-refractivity contribution is 9.11. The van der Waals surface area contributed by atoms with Gasteiger partial charge in [0.2, 0.25) is 0 Å². The summed E-state index contributed by atoms with van der Waals surface area (Å²) in [5.74, 6) is 1.23. The van der Waals surface area contributed by atoms with Crippen LogP contribution in [0.25, 0.3) is 0 Å². The number of hydrogen-bond acceptors (Lipinski definition) is 5. The van der Waals surface area contributed by atoms with Crippen LogP contribution in [0.4, 0.5) is 0 Å². The number of phenols is 1. The van der Waals surface area contributed by atoms with Gasteiger partial charge < -0.3 is 10.8 Å². The molecule has 1 aromatic rings. The van der Waals surface area contributed by atoms with E-state index in [1.165, 1.54) is 0 Å². The van der Waals surface area contributed by atoms with Gasteiger partial charge in [0.25, 0.3) is 5.91 Å². The van der Waals surface area contributed by atoms with E-state index in [1.807, 2.05) is 0 Å². The van der Waals surface area contributed by atoms with Crippen molar-refractivity contribution in [1.82, 2.24) is 4.90 Å². The lowest BCUT2D eigenvalue weighted by molar-refractivity contribution is 0.0853. The first-order valence-electron chi connectivity index (χ1n) is 6.43. The molecule has 2 rings (SSSR count). The zero-order chi connectivity index (χ0) is 16.4. The molecule has 1 saturated heterocycles. The molecule has 118 valence electrons. The van der Waals surface area contributed by atoms with Crippen molar-refractivity contribution >= 4 is 55.4 Å². The number of hydrogen-bond donors (Lipinski definition) is 2. The summed E-state index contributed by atoms with van der Waals surface area (Å²) in [4.78, 5) is 19.5. The van der Waals surface area contributed by atoms with E-state index < -0.39 is 0 Å². The van der Waals surface area contributed by atoms with Crippen LogP contribution in [-0.2, 0) is 0 Å². The van der Waals surface area contributed by atoms with Gasteiger partial charge in [-0.15, -0.1) is 11.8 Å². The van der Waals surface area contributed by atoms with Crippen molar-refractivity contribution in [2.24, 2.45) is 10.7 Å². The second kappa shape index (κ2) is 7.06. The van der Waals surface area contributed by atoms with Gasteiger partial charge in [-0.25, -0.2) is 0 Å². The number of halogens is 2. The summed E-state index contributed by atoms with van der Waals surface area (Å²) in [5.41, 5.74) is 7.00. The Balaban J connectivity index is 2.42. The number of aliphatic imine (C=N–C) groups is 1. The Labute approximate surface area is 149 Å². The van der Waals surface area contributed by atoms with Crippen LogP contribution in [-0.4, -0.2) is 41.1 Å². The van der Waals surface area contributed by atoms with Crippen molar-refractivity contribution in [3.05, 3.63) is 37.2 Å². The molecule has 22 heavy (non-hydrogen) atoms. The largest absolute Gasteiger partial charge is 0.506 e. The third-order valence-electron chi connectivity index (χ3n) is 3.10. The quantitative estimate of drug-likeness (QED) is 0.690.